The fourth-order valence-electron chi connectivity index (χ4n) is 3.41. The zero-order valence-electron chi connectivity index (χ0n) is 18.0. The predicted octanol–water partition coefficient (Wildman–Crippen LogP) is 3.05. The lowest BCUT2D eigenvalue weighted by Crippen LogP contribution is -2.23. The van der Waals surface area contributed by atoms with Crippen LogP contribution in [-0.2, 0) is 23.1 Å². The number of nitrogens with zero attached hydrogens (tertiary/aromatic N) is 2. The number of aryl methyl sites for hydroxylation is 2. The number of anilines is 1. The van der Waals surface area contributed by atoms with Crippen LogP contribution in [-0.4, -0.2) is 23.9 Å². The van der Waals surface area contributed by atoms with Crippen molar-refractivity contribution < 1.29 is 17.6 Å². The number of hydrogen-bond acceptors (Lipinski definition) is 6. The number of aromatic nitrogens is 2. The van der Waals surface area contributed by atoms with Gasteiger partial charge < -0.3 is 14.3 Å². The summed E-state index contributed by atoms with van der Waals surface area (Å²) in [6.45, 7) is 4.04. The van der Waals surface area contributed by atoms with Crippen molar-refractivity contribution in [3.63, 3.8) is 0 Å². The Balaban J connectivity index is 1.50. The van der Waals surface area contributed by atoms with Gasteiger partial charge in [-0.05, 0) is 68.4 Å². The van der Waals surface area contributed by atoms with Crippen LogP contribution in [0.5, 0.6) is 0 Å². The average Bonchev–Trinajstić information content (AvgIpc) is 3.33. The van der Waals surface area contributed by atoms with Crippen molar-refractivity contribution in [3.05, 3.63) is 88.2 Å². The third-order valence-corrected chi connectivity index (χ3v) is 6.54. The Morgan fingerprint density at radius 1 is 1.12 bits per heavy atom. The SMILES string of the molecule is CCn1c(=O)c(C)nc2cc(C(=O)Nc3ccc(S(=O)(=O)NCc4ccco4)cc3)ccc21. The second-order valence-corrected chi connectivity index (χ2v) is 9.10. The third-order valence-electron chi connectivity index (χ3n) is 5.13. The molecule has 0 atom stereocenters. The second kappa shape index (κ2) is 9.00. The Kier molecular flexibility index (Phi) is 6.12. The highest BCUT2D eigenvalue weighted by molar-refractivity contribution is 7.89. The molecule has 0 fully saturated rings. The topological polar surface area (TPSA) is 123 Å². The van der Waals surface area contributed by atoms with Crippen molar-refractivity contribution in [2.75, 3.05) is 5.32 Å². The smallest absolute Gasteiger partial charge is 0.272 e. The molecule has 0 unspecified atom stereocenters. The van der Waals surface area contributed by atoms with E-state index in [0.717, 1.165) is 0 Å². The van der Waals surface area contributed by atoms with Crippen molar-refractivity contribution in [1.82, 2.24) is 14.3 Å². The molecule has 33 heavy (non-hydrogen) atoms. The summed E-state index contributed by atoms with van der Waals surface area (Å²) < 4.78 is 34.1. The molecule has 2 aromatic carbocycles. The van der Waals surface area contributed by atoms with Crippen LogP contribution in [0.4, 0.5) is 5.69 Å². The van der Waals surface area contributed by atoms with Crippen molar-refractivity contribution in [2.45, 2.75) is 31.8 Å². The molecule has 10 heteroatoms. The first-order valence-electron chi connectivity index (χ1n) is 10.2. The van der Waals surface area contributed by atoms with Crippen LogP contribution in [0.25, 0.3) is 11.0 Å². The minimum atomic E-state index is -3.73. The fraction of sp³-hybridized carbons (Fsp3) is 0.174. The van der Waals surface area contributed by atoms with Crippen LogP contribution < -0.4 is 15.6 Å². The lowest BCUT2D eigenvalue weighted by atomic mass is 10.1. The number of nitrogens with one attached hydrogen (secondary N) is 2. The van der Waals surface area contributed by atoms with Crippen LogP contribution in [0.15, 0.2) is 75.0 Å². The van der Waals surface area contributed by atoms with Gasteiger partial charge >= 0.3 is 0 Å². The zero-order valence-corrected chi connectivity index (χ0v) is 18.8. The number of carbonyl (C=O) groups excluding carboxylic acids is 1. The summed E-state index contributed by atoms with van der Waals surface area (Å²) >= 11 is 0. The van der Waals surface area contributed by atoms with Gasteiger partial charge in [-0.15, -0.1) is 0 Å². The number of carbonyl (C=O) groups is 1. The molecular formula is C23H22N4O5S. The van der Waals surface area contributed by atoms with E-state index in [2.05, 4.69) is 15.0 Å². The van der Waals surface area contributed by atoms with Gasteiger partial charge in [-0.1, -0.05) is 0 Å². The molecule has 170 valence electrons. The molecule has 4 rings (SSSR count). The van der Waals surface area contributed by atoms with Gasteiger partial charge in [-0.3, -0.25) is 9.59 Å². The molecule has 0 radical (unpaired) electrons. The van der Waals surface area contributed by atoms with Crippen LogP contribution in [0.2, 0.25) is 0 Å². The van der Waals surface area contributed by atoms with E-state index >= 15 is 0 Å². The molecule has 0 saturated heterocycles. The first-order valence-corrected chi connectivity index (χ1v) is 11.7. The molecule has 0 aliphatic carbocycles. The second-order valence-electron chi connectivity index (χ2n) is 7.33. The Hall–Kier alpha value is -3.76. The summed E-state index contributed by atoms with van der Waals surface area (Å²) in [5.41, 5.74) is 2.21. The van der Waals surface area contributed by atoms with Crippen LogP contribution >= 0.6 is 0 Å². The summed E-state index contributed by atoms with van der Waals surface area (Å²) in [6, 6.07) is 14.1. The first kappa shape index (κ1) is 22.4. The molecule has 2 heterocycles. The van der Waals surface area contributed by atoms with E-state index in [4.69, 9.17) is 4.42 Å². The van der Waals surface area contributed by atoms with E-state index < -0.39 is 10.0 Å². The third kappa shape index (κ3) is 4.71. The highest BCUT2D eigenvalue weighted by Gasteiger charge is 2.15. The van der Waals surface area contributed by atoms with Gasteiger partial charge in [0, 0.05) is 17.8 Å². The molecule has 9 nitrogen and oxygen atoms in total. The lowest BCUT2D eigenvalue weighted by molar-refractivity contribution is 0.102. The summed E-state index contributed by atoms with van der Waals surface area (Å²) in [4.78, 5) is 29.4. The molecule has 0 bridgehead atoms. The standard InChI is InChI=1S/C23H22N4O5S/c1-3-27-21-11-6-16(13-20(21)25-15(2)23(27)29)22(28)26-17-7-9-19(10-8-17)33(30,31)24-14-18-5-4-12-32-18/h4-13,24H,3,14H2,1-2H3,(H,26,28). The molecule has 0 spiro atoms. The summed E-state index contributed by atoms with van der Waals surface area (Å²) in [7, 11) is -3.73. The maximum Gasteiger partial charge on any atom is 0.272 e. The Morgan fingerprint density at radius 2 is 1.88 bits per heavy atom. The van der Waals surface area contributed by atoms with E-state index in [-0.39, 0.29) is 22.9 Å². The van der Waals surface area contributed by atoms with Crippen LogP contribution in [0, 0.1) is 6.92 Å². The van der Waals surface area contributed by atoms with Crippen molar-refractivity contribution in [2.24, 2.45) is 0 Å². The summed E-state index contributed by atoms with van der Waals surface area (Å²) in [6.07, 6.45) is 1.47. The Morgan fingerprint density at radius 3 is 2.55 bits per heavy atom. The molecule has 1 amide bonds. The van der Waals surface area contributed by atoms with Crippen molar-refractivity contribution >= 4 is 32.7 Å². The zero-order chi connectivity index (χ0) is 23.6. The minimum Gasteiger partial charge on any atom is -0.468 e. The van der Waals surface area contributed by atoms with Gasteiger partial charge in [-0.2, -0.15) is 0 Å². The van der Waals surface area contributed by atoms with E-state index in [9.17, 15) is 18.0 Å². The Labute approximate surface area is 190 Å². The van der Waals surface area contributed by atoms with Crippen molar-refractivity contribution in [1.29, 1.82) is 0 Å². The molecule has 4 aromatic rings. The van der Waals surface area contributed by atoms with Gasteiger partial charge in [0.25, 0.3) is 11.5 Å². The number of rotatable bonds is 7. The molecule has 0 aliphatic rings. The maximum atomic E-state index is 12.7. The largest absolute Gasteiger partial charge is 0.468 e. The predicted molar refractivity (Wildman–Crippen MR) is 124 cm³/mol. The maximum absolute atomic E-state index is 12.7. The summed E-state index contributed by atoms with van der Waals surface area (Å²) in [5.74, 6) is 0.121. The first-order chi connectivity index (χ1) is 15.8. The van der Waals surface area contributed by atoms with Gasteiger partial charge in [0.1, 0.15) is 11.5 Å². The highest BCUT2D eigenvalue weighted by Crippen LogP contribution is 2.18. The number of benzene rings is 2. The fourth-order valence-corrected chi connectivity index (χ4v) is 4.41. The minimum absolute atomic E-state index is 0.0369. The average molecular weight is 467 g/mol. The van der Waals surface area contributed by atoms with Crippen molar-refractivity contribution in [3.8, 4) is 0 Å². The van der Waals surface area contributed by atoms with Gasteiger partial charge in [0.2, 0.25) is 10.0 Å². The molecule has 2 aromatic heterocycles. The number of sulfonamides is 1. The van der Waals surface area contributed by atoms with E-state index in [0.29, 0.717) is 40.3 Å². The van der Waals surface area contributed by atoms with E-state index in [1.54, 1.807) is 41.8 Å². The quantitative estimate of drug-likeness (QED) is 0.432. The highest BCUT2D eigenvalue weighted by atomic mass is 32.2. The monoisotopic (exact) mass is 466 g/mol. The summed E-state index contributed by atoms with van der Waals surface area (Å²) in [5, 5.41) is 2.75. The van der Waals surface area contributed by atoms with Gasteiger partial charge in [-0.25, -0.2) is 18.1 Å². The number of amides is 1. The number of hydrogen-bond donors (Lipinski definition) is 2. The van der Waals surface area contributed by atoms with Crippen LogP contribution in [0.1, 0.15) is 28.7 Å². The lowest BCUT2D eigenvalue weighted by Gasteiger charge is -2.11. The molecular weight excluding hydrogens is 444 g/mol. The van der Waals surface area contributed by atoms with Gasteiger partial charge in [0.15, 0.2) is 0 Å². The van der Waals surface area contributed by atoms with E-state index in [1.807, 2.05) is 6.92 Å². The molecule has 0 saturated carbocycles. The Bertz CT molecular complexity index is 1470. The molecule has 0 aliphatic heterocycles. The molecule has 2 N–H and O–H groups in total. The normalized spacial score (nSPS) is 11.6. The van der Waals surface area contributed by atoms with E-state index in [1.165, 1.54) is 30.5 Å². The van der Waals surface area contributed by atoms with Crippen LogP contribution in [0.3, 0.4) is 0 Å². The number of fused-ring (bicyclic) bond motifs is 1. The number of furan rings is 1. The van der Waals surface area contributed by atoms with Gasteiger partial charge in [0.05, 0.1) is 28.7 Å².